The maximum atomic E-state index is 12.8. The van der Waals surface area contributed by atoms with Crippen molar-refractivity contribution >= 4 is 17.0 Å². The Hall–Kier alpha value is -2.08. The van der Waals surface area contributed by atoms with Crippen molar-refractivity contribution in [2.45, 2.75) is 45.2 Å². The molecule has 2 aliphatic rings. The van der Waals surface area contributed by atoms with Crippen LogP contribution >= 0.6 is 0 Å². The maximum absolute atomic E-state index is 12.8. The Balaban J connectivity index is 1.37. The van der Waals surface area contributed by atoms with Gasteiger partial charge >= 0.3 is 5.76 Å². The van der Waals surface area contributed by atoms with E-state index in [0.29, 0.717) is 18.2 Å². The smallest absolute Gasteiger partial charge is 0.408 e. The van der Waals surface area contributed by atoms with Crippen LogP contribution in [0.3, 0.4) is 0 Å². The number of benzene rings is 1. The highest BCUT2D eigenvalue weighted by Gasteiger charge is 2.31. The second-order valence-electron chi connectivity index (χ2n) is 7.69. The molecule has 0 aliphatic carbocycles. The number of likely N-dealkylation sites (tertiary alicyclic amines) is 2. The van der Waals surface area contributed by atoms with Gasteiger partial charge in [-0.05, 0) is 25.0 Å². The summed E-state index contributed by atoms with van der Waals surface area (Å²) in [4.78, 5) is 28.4. The fourth-order valence-electron chi connectivity index (χ4n) is 4.37. The minimum atomic E-state index is -0.290. The number of carbonyl (C=O) groups is 1. The van der Waals surface area contributed by atoms with Gasteiger partial charge in [-0.15, -0.1) is 0 Å². The van der Waals surface area contributed by atoms with E-state index < -0.39 is 0 Å². The van der Waals surface area contributed by atoms with Gasteiger partial charge in [0.15, 0.2) is 12.3 Å². The van der Waals surface area contributed by atoms with Gasteiger partial charge in [0.05, 0.1) is 18.6 Å². The molecule has 6 heteroatoms. The number of oxazole rings is 1. The average molecular weight is 358 g/mol. The minimum absolute atomic E-state index is 0.162. The van der Waals surface area contributed by atoms with Crippen LogP contribution in [0.4, 0.5) is 0 Å². The lowest BCUT2D eigenvalue weighted by Crippen LogP contribution is -3.12. The number of fused-ring (bicyclic) bond motifs is 1. The zero-order valence-corrected chi connectivity index (χ0v) is 15.3. The van der Waals surface area contributed by atoms with E-state index in [1.165, 1.54) is 17.7 Å². The normalized spacial score (nSPS) is 24.5. The van der Waals surface area contributed by atoms with Gasteiger partial charge in [0, 0.05) is 31.8 Å². The number of aromatic nitrogens is 1. The number of carbonyl (C=O) groups excluding carboxylic acids is 1. The van der Waals surface area contributed by atoms with E-state index in [-0.39, 0.29) is 11.7 Å². The summed E-state index contributed by atoms with van der Waals surface area (Å²) in [6.07, 6.45) is 6.61. The van der Waals surface area contributed by atoms with Crippen LogP contribution in [0, 0.1) is 5.92 Å². The summed E-state index contributed by atoms with van der Waals surface area (Å²) in [5.41, 5.74) is 1.50. The molecular formula is C20H28N3O3+. The molecule has 2 fully saturated rings. The molecule has 0 spiro atoms. The summed E-state index contributed by atoms with van der Waals surface area (Å²) in [7, 11) is 0. The average Bonchev–Trinajstić information content (AvgIpc) is 2.84. The van der Waals surface area contributed by atoms with Crippen molar-refractivity contribution in [3.8, 4) is 0 Å². The van der Waals surface area contributed by atoms with Crippen LogP contribution < -0.4 is 10.7 Å². The predicted molar refractivity (Wildman–Crippen MR) is 98.9 cm³/mol. The first-order valence-electron chi connectivity index (χ1n) is 9.93. The summed E-state index contributed by atoms with van der Waals surface area (Å²) >= 11 is 0. The molecule has 2 aliphatic heterocycles. The Kier molecular flexibility index (Phi) is 5.11. The molecule has 0 radical (unpaired) electrons. The lowest BCUT2D eigenvalue weighted by molar-refractivity contribution is -0.928. The van der Waals surface area contributed by atoms with Crippen molar-refractivity contribution in [1.82, 2.24) is 9.47 Å². The number of nitrogens with one attached hydrogen (secondary N) is 1. The molecule has 1 aromatic carbocycles. The van der Waals surface area contributed by atoms with E-state index in [1.807, 2.05) is 24.3 Å². The predicted octanol–water partition coefficient (Wildman–Crippen LogP) is 1.25. The van der Waals surface area contributed by atoms with Gasteiger partial charge in [0.2, 0.25) is 5.91 Å². The molecule has 0 atom stereocenters. The third-order valence-electron chi connectivity index (χ3n) is 5.92. The molecule has 2 saturated heterocycles. The van der Waals surface area contributed by atoms with Gasteiger partial charge in [-0.3, -0.25) is 4.79 Å². The van der Waals surface area contributed by atoms with E-state index in [9.17, 15) is 9.59 Å². The fourth-order valence-corrected chi connectivity index (χ4v) is 4.37. The van der Waals surface area contributed by atoms with E-state index in [0.717, 1.165) is 57.4 Å². The quantitative estimate of drug-likeness (QED) is 0.898. The first kappa shape index (κ1) is 17.3. The SMILES string of the molecule is O=C(C1CC[NH+](Cn2c(=O)oc3ccccc32)CC1)N1CCCCCC1. The summed E-state index contributed by atoms with van der Waals surface area (Å²) in [6, 6.07) is 7.56. The number of nitrogens with zero attached hydrogens (tertiary/aromatic N) is 2. The van der Waals surface area contributed by atoms with Gasteiger partial charge in [-0.2, -0.15) is 0 Å². The zero-order valence-electron chi connectivity index (χ0n) is 15.3. The molecule has 26 heavy (non-hydrogen) atoms. The Morgan fingerprint density at radius 2 is 1.77 bits per heavy atom. The minimum Gasteiger partial charge on any atom is -0.408 e. The molecule has 6 nitrogen and oxygen atoms in total. The van der Waals surface area contributed by atoms with Crippen molar-refractivity contribution in [1.29, 1.82) is 0 Å². The highest BCUT2D eigenvalue weighted by atomic mass is 16.4. The number of para-hydroxylation sites is 2. The van der Waals surface area contributed by atoms with Gasteiger partial charge in [0.25, 0.3) is 0 Å². The van der Waals surface area contributed by atoms with Crippen LogP contribution in [0.5, 0.6) is 0 Å². The topological polar surface area (TPSA) is 59.9 Å². The largest absolute Gasteiger partial charge is 0.424 e. The first-order valence-corrected chi connectivity index (χ1v) is 9.93. The summed E-state index contributed by atoms with van der Waals surface area (Å²) in [6.45, 7) is 4.33. The van der Waals surface area contributed by atoms with Crippen molar-refractivity contribution in [2.24, 2.45) is 5.92 Å². The number of rotatable bonds is 3. The van der Waals surface area contributed by atoms with Crippen molar-refractivity contribution in [3.63, 3.8) is 0 Å². The van der Waals surface area contributed by atoms with E-state index in [2.05, 4.69) is 4.90 Å². The molecule has 2 aromatic rings. The molecule has 0 saturated carbocycles. The summed E-state index contributed by atoms with van der Waals surface area (Å²) < 4.78 is 7.05. The van der Waals surface area contributed by atoms with E-state index in [1.54, 1.807) is 4.57 Å². The van der Waals surface area contributed by atoms with Crippen molar-refractivity contribution in [2.75, 3.05) is 26.2 Å². The molecule has 1 N–H and O–H groups in total. The third-order valence-corrected chi connectivity index (χ3v) is 5.92. The lowest BCUT2D eigenvalue weighted by atomic mass is 9.95. The summed E-state index contributed by atoms with van der Waals surface area (Å²) in [5.74, 6) is 0.230. The lowest BCUT2D eigenvalue weighted by Gasteiger charge is -2.32. The Morgan fingerprint density at radius 3 is 2.50 bits per heavy atom. The van der Waals surface area contributed by atoms with Crippen LogP contribution in [0.1, 0.15) is 38.5 Å². The Bertz CT molecular complexity index is 809. The molecule has 140 valence electrons. The number of amides is 1. The monoisotopic (exact) mass is 358 g/mol. The van der Waals surface area contributed by atoms with Crippen LogP contribution in [0.25, 0.3) is 11.1 Å². The first-order chi connectivity index (χ1) is 12.7. The second-order valence-corrected chi connectivity index (χ2v) is 7.69. The zero-order chi connectivity index (χ0) is 17.9. The highest BCUT2D eigenvalue weighted by Crippen LogP contribution is 2.18. The Morgan fingerprint density at radius 1 is 1.08 bits per heavy atom. The number of piperidine rings is 1. The number of hydrogen-bond acceptors (Lipinski definition) is 3. The molecule has 0 unspecified atom stereocenters. The molecular weight excluding hydrogens is 330 g/mol. The maximum Gasteiger partial charge on any atom is 0.424 e. The molecule has 1 amide bonds. The molecule has 4 rings (SSSR count). The standard InChI is InChI=1S/C20H27N3O3/c24-19(22-11-5-1-2-6-12-22)16-9-13-21(14-10-16)15-23-17-7-3-4-8-18(17)26-20(23)25/h3-4,7-8,16H,1-2,5-6,9-15H2/p+1. The van der Waals surface area contributed by atoms with E-state index in [4.69, 9.17) is 4.42 Å². The van der Waals surface area contributed by atoms with Gasteiger partial charge in [-0.1, -0.05) is 25.0 Å². The third kappa shape index (κ3) is 3.56. The molecule has 1 aromatic heterocycles. The molecule has 3 heterocycles. The van der Waals surface area contributed by atoms with Crippen LogP contribution in [0.15, 0.2) is 33.5 Å². The van der Waals surface area contributed by atoms with Crippen LogP contribution in [0.2, 0.25) is 0 Å². The van der Waals surface area contributed by atoms with Crippen molar-refractivity contribution < 1.29 is 14.1 Å². The summed E-state index contributed by atoms with van der Waals surface area (Å²) in [5, 5.41) is 0. The van der Waals surface area contributed by atoms with Gasteiger partial charge in [-0.25, -0.2) is 9.36 Å². The van der Waals surface area contributed by atoms with Crippen molar-refractivity contribution in [3.05, 3.63) is 34.8 Å². The van der Waals surface area contributed by atoms with Gasteiger partial charge < -0.3 is 14.2 Å². The van der Waals surface area contributed by atoms with E-state index >= 15 is 0 Å². The number of quaternary nitrogens is 1. The fraction of sp³-hybridized carbons (Fsp3) is 0.600. The van der Waals surface area contributed by atoms with Crippen LogP contribution in [-0.4, -0.2) is 41.6 Å². The number of hydrogen-bond donors (Lipinski definition) is 1. The van der Waals surface area contributed by atoms with Gasteiger partial charge in [0.1, 0.15) is 0 Å². The second kappa shape index (κ2) is 7.66. The molecule has 0 bridgehead atoms. The highest BCUT2D eigenvalue weighted by molar-refractivity contribution is 5.79. The van der Waals surface area contributed by atoms with Crippen LogP contribution in [-0.2, 0) is 11.5 Å². The Labute approximate surface area is 153 Å².